The van der Waals surface area contributed by atoms with Crippen molar-refractivity contribution >= 4 is 29.3 Å². The number of carbonyl (C=O) groups is 2. The fourth-order valence-corrected chi connectivity index (χ4v) is 2.54. The van der Waals surface area contributed by atoms with Gasteiger partial charge in [0.15, 0.2) is 11.6 Å². The van der Waals surface area contributed by atoms with Gasteiger partial charge in [0.05, 0.1) is 25.0 Å². The second-order valence-corrected chi connectivity index (χ2v) is 6.05. The number of thioether (sulfide) groups is 1. The van der Waals surface area contributed by atoms with E-state index in [0.29, 0.717) is 23.6 Å². The zero-order valence-corrected chi connectivity index (χ0v) is 14.5. The molecule has 0 aromatic heterocycles. The molecule has 0 heterocycles. The highest BCUT2D eigenvalue weighted by atomic mass is 32.2. The van der Waals surface area contributed by atoms with Crippen molar-refractivity contribution in [2.45, 2.75) is 0 Å². The molecule has 2 aromatic rings. The van der Waals surface area contributed by atoms with Crippen LogP contribution in [0.15, 0.2) is 48.5 Å². The molecule has 1 amide bonds. The Morgan fingerprint density at radius 1 is 1.12 bits per heavy atom. The molecule has 0 saturated heterocycles. The topological polar surface area (TPSA) is 64.6 Å². The SMILES string of the molecule is COC(=O)c1ccc(NC(=O)CSCCOc2ccccc2F)cc1. The van der Waals surface area contributed by atoms with Crippen LogP contribution in [0.4, 0.5) is 10.1 Å². The van der Waals surface area contributed by atoms with Crippen LogP contribution in [-0.4, -0.2) is 37.1 Å². The van der Waals surface area contributed by atoms with E-state index in [-0.39, 0.29) is 17.4 Å². The minimum absolute atomic E-state index is 0.165. The number of ether oxygens (including phenoxy) is 2. The fraction of sp³-hybridized carbons (Fsp3) is 0.222. The van der Waals surface area contributed by atoms with Gasteiger partial charge in [0.25, 0.3) is 0 Å². The Morgan fingerprint density at radius 3 is 2.52 bits per heavy atom. The van der Waals surface area contributed by atoms with Gasteiger partial charge in [-0.05, 0) is 36.4 Å². The first-order valence-electron chi connectivity index (χ1n) is 7.53. The fourth-order valence-electron chi connectivity index (χ4n) is 1.94. The largest absolute Gasteiger partial charge is 0.490 e. The molecule has 0 aliphatic heterocycles. The minimum Gasteiger partial charge on any atom is -0.490 e. The third-order valence-electron chi connectivity index (χ3n) is 3.14. The van der Waals surface area contributed by atoms with Crippen molar-refractivity contribution < 1.29 is 23.5 Å². The van der Waals surface area contributed by atoms with Gasteiger partial charge in [-0.15, -0.1) is 11.8 Å². The van der Waals surface area contributed by atoms with Crippen LogP contribution in [-0.2, 0) is 9.53 Å². The van der Waals surface area contributed by atoms with E-state index in [1.165, 1.54) is 24.9 Å². The maximum absolute atomic E-state index is 13.3. The van der Waals surface area contributed by atoms with Crippen molar-refractivity contribution in [1.82, 2.24) is 0 Å². The first-order chi connectivity index (χ1) is 12.1. The van der Waals surface area contributed by atoms with E-state index in [9.17, 15) is 14.0 Å². The average molecular weight is 363 g/mol. The number of carbonyl (C=O) groups excluding carboxylic acids is 2. The summed E-state index contributed by atoms with van der Waals surface area (Å²) in [5.41, 5.74) is 1.01. The summed E-state index contributed by atoms with van der Waals surface area (Å²) in [5, 5.41) is 2.73. The van der Waals surface area contributed by atoms with Crippen molar-refractivity contribution in [3.63, 3.8) is 0 Å². The molecule has 132 valence electrons. The number of methoxy groups -OCH3 is 1. The Balaban J connectivity index is 1.67. The van der Waals surface area contributed by atoms with Crippen molar-refractivity contribution in [3.8, 4) is 5.75 Å². The van der Waals surface area contributed by atoms with E-state index in [1.807, 2.05) is 0 Å². The maximum atomic E-state index is 13.3. The highest BCUT2D eigenvalue weighted by molar-refractivity contribution is 7.99. The summed E-state index contributed by atoms with van der Waals surface area (Å²) in [6.07, 6.45) is 0. The minimum atomic E-state index is -0.428. The normalized spacial score (nSPS) is 10.2. The summed E-state index contributed by atoms with van der Waals surface area (Å²) in [4.78, 5) is 23.2. The highest BCUT2D eigenvalue weighted by Gasteiger charge is 2.07. The number of esters is 1. The first-order valence-corrected chi connectivity index (χ1v) is 8.69. The first kappa shape index (κ1) is 18.8. The molecule has 0 aliphatic carbocycles. The number of hydrogen-bond acceptors (Lipinski definition) is 5. The Labute approximate surface area is 149 Å². The molecule has 0 aliphatic rings. The van der Waals surface area contributed by atoms with E-state index in [2.05, 4.69) is 10.1 Å². The van der Waals surface area contributed by atoms with Crippen LogP contribution in [0, 0.1) is 5.82 Å². The maximum Gasteiger partial charge on any atom is 0.337 e. The van der Waals surface area contributed by atoms with Crippen LogP contribution in [0.2, 0.25) is 0 Å². The number of hydrogen-bond donors (Lipinski definition) is 1. The van der Waals surface area contributed by atoms with Gasteiger partial charge in [0.2, 0.25) is 5.91 Å². The molecule has 2 aromatic carbocycles. The van der Waals surface area contributed by atoms with Gasteiger partial charge in [-0.2, -0.15) is 0 Å². The van der Waals surface area contributed by atoms with E-state index >= 15 is 0 Å². The molecule has 0 atom stereocenters. The van der Waals surface area contributed by atoms with Crippen LogP contribution in [0.5, 0.6) is 5.75 Å². The second kappa shape index (κ2) is 9.68. The van der Waals surface area contributed by atoms with Gasteiger partial charge >= 0.3 is 5.97 Å². The predicted octanol–water partition coefficient (Wildman–Crippen LogP) is 3.36. The van der Waals surface area contributed by atoms with E-state index in [0.717, 1.165) is 0 Å². The monoisotopic (exact) mass is 363 g/mol. The summed E-state index contributed by atoms with van der Waals surface area (Å²) < 4.78 is 23.3. The molecule has 0 unspecified atom stereocenters. The standard InChI is InChI=1S/C18H18FNO4S/c1-23-18(22)13-6-8-14(9-7-13)20-17(21)12-25-11-10-24-16-5-3-2-4-15(16)19/h2-9H,10-12H2,1H3,(H,20,21). The lowest BCUT2D eigenvalue weighted by Crippen LogP contribution is -2.15. The molecule has 1 N–H and O–H groups in total. The van der Waals surface area contributed by atoms with E-state index in [1.54, 1.807) is 42.5 Å². The molecule has 0 spiro atoms. The van der Waals surface area contributed by atoms with Crippen LogP contribution >= 0.6 is 11.8 Å². The summed E-state index contributed by atoms with van der Waals surface area (Å²) in [6, 6.07) is 12.6. The van der Waals surface area contributed by atoms with Crippen LogP contribution in [0.3, 0.4) is 0 Å². The molecule has 7 heteroatoms. The molecule has 0 radical (unpaired) electrons. The van der Waals surface area contributed by atoms with E-state index in [4.69, 9.17) is 4.74 Å². The number of rotatable bonds is 8. The van der Waals surface area contributed by atoms with Crippen molar-refractivity contribution in [2.75, 3.05) is 30.5 Å². The molecule has 0 saturated carbocycles. The Hall–Kier alpha value is -2.54. The van der Waals surface area contributed by atoms with Crippen molar-refractivity contribution in [1.29, 1.82) is 0 Å². The van der Waals surface area contributed by atoms with Crippen molar-refractivity contribution in [3.05, 3.63) is 59.9 Å². The smallest absolute Gasteiger partial charge is 0.337 e. The zero-order chi connectivity index (χ0) is 18.1. The number of para-hydroxylation sites is 1. The third kappa shape index (κ3) is 6.11. The predicted molar refractivity (Wildman–Crippen MR) is 95.6 cm³/mol. The van der Waals surface area contributed by atoms with Crippen LogP contribution in [0.25, 0.3) is 0 Å². The number of amides is 1. The molecular weight excluding hydrogens is 345 g/mol. The van der Waals surface area contributed by atoms with Crippen LogP contribution in [0.1, 0.15) is 10.4 Å². The third-order valence-corrected chi connectivity index (χ3v) is 4.07. The summed E-state index contributed by atoms with van der Waals surface area (Å²) in [6.45, 7) is 0.312. The molecule has 0 bridgehead atoms. The Morgan fingerprint density at radius 2 is 1.84 bits per heavy atom. The Kier molecular flexibility index (Phi) is 7.28. The zero-order valence-electron chi connectivity index (χ0n) is 13.7. The average Bonchev–Trinajstić information content (AvgIpc) is 2.63. The van der Waals surface area contributed by atoms with Gasteiger partial charge in [-0.3, -0.25) is 4.79 Å². The lowest BCUT2D eigenvalue weighted by Gasteiger charge is -2.08. The number of anilines is 1. The quantitative estimate of drug-likeness (QED) is 0.575. The summed E-state index contributed by atoms with van der Waals surface area (Å²) in [5.74, 6) is 0.0199. The van der Waals surface area contributed by atoms with Gasteiger partial charge in [-0.25, -0.2) is 9.18 Å². The molecule has 0 fully saturated rings. The number of benzene rings is 2. The van der Waals surface area contributed by atoms with Crippen LogP contribution < -0.4 is 10.1 Å². The van der Waals surface area contributed by atoms with Gasteiger partial charge in [-0.1, -0.05) is 12.1 Å². The van der Waals surface area contributed by atoms with Gasteiger partial charge < -0.3 is 14.8 Å². The number of nitrogens with one attached hydrogen (secondary N) is 1. The second-order valence-electron chi connectivity index (χ2n) is 4.95. The Bertz CT molecular complexity index is 721. The van der Waals surface area contributed by atoms with Crippen molar-refractivity contribution in [2.24, 2.45) is 0 Å². The molecular formula is C18H18FNO4S. The highest BCUT2D eigenvalue weighted by Crippen LogP contribution is 2.16. The van der Waals surface area contributed by atoms with E-state index < -0.39 is 11.8 Å². The molecule has 25 heavy (non-hydrogen) atoms. The van der Waals surface area contributed by atoms with Gasteiger partial charge in [0, 0.05) is 11.4 Å². The van der Waals surface area contributed by atoms with Gasteiger partial charge in [0.1, 0.15) is 0 Å². The number of halogens is 1. The lowest BCUT2D eigenvalue weighted by molar-refractivity contribution is -0.113. The summed E-state index contributed by atoms with van der Waals surface area (Å²) in [7, 11) is 1.31. The molecule has 5 nitrogen and oxygen atoms in total. The lowest BCUT2D eigenvalue weighted by atomic mass is 10.2. The summed E-state index contributed by atoms with van der Waals surface area (Å²) >= 11 is 1.38. The molecule has 2 rings (SSSR count).